The van der Waals surface area contributed by atoms with Gasteiger partial charge in [-0.3, -0.25) is 4.79 Å². The molecule has 0 aromatic heterocycles. The summed E-state index contributed by atoms with van der Waals surface area (Å²) in [5, 5.41) is 2.57. The van der Waals surface area contributed by atoms with Crippen molar-refractivity contribution in [2.45, 2.75) is 19.7 Å². The topological polar surface area (TPSA) is 47.6 Å². The van der Waals surface area contributed by atoms with Crippen molar-refractivity contribution in [3.05, 3.63) is 59.2 Å². The van der Waals surface area contributed by atoms with Crippen LogP contribution >= 0.6 is 0 Å². The third kappa shape index (κ3) is 4.96. The van der Waals surface area contributed by atoms with Crippen molar-refractivity contribution in [3.63, 3.8) is 0 Å². The van der Waals surface area contributed by atoms with Crippen molar-refractivity contribution in [1.29, 1.82) is 0 Å². The van der Waals surface area contributed by atoms with Crippen molar-refractivity contribution in [2.24, 2.45) is 0 Å². The van der Waals surface area contributed by atoms with Crippen LogP contribution in [0.3, 0.4) is 0 Å². The minimum atomic E-state index is -4.41. The zero-order valence-corrected chi connectivity index (χ0v) is 13.8. The molecule has 0 saturated heterocycles. The summed E-state index contributed by atoms with van der Waals surface area (Å²) in [6, 6.07) is 9.15. The number of carbonyl (C=O) groups is 1. The first-order valence-corrected chi connectivity index (χ1v) is 7.58. The molecule has 2 aromatic rings. The number of amides is 1. The van der Waals surface area contributed by atoms with E-state index in [1.54, 1.807) is 18.2 Å². The molecule has 0 saturated carbocycles. The van der Waals surface area contributed by atoms with Crippen LogP contribution < -0.4 is 10.1 Å². The Hall–Kier alpha value is -2.54. The maximum absolute atomic E-state index is 12.6. The van der Waals surface area contributed by atoms with Crippen LogP contribution in [0.25, 0.3) is 0 Å². The standard InChI is InChI=1S/C18H18F3NO3/c1-3-25-16-9-4-12(10-13(16)11-24-2)17(23)22-15-7-5-14(6-8-15)18(19,20)21/h4-10H,3,11H2,1-2H3,(H,22,23). The Morgan fingerprint density at radius 1 is 1.12 bits per heavy atom. The van der Waals surface area contributed by atoms with Gasteiger partial charge in [-0.15, -0.1) is 0 Å². The van der Waals surface area contributed by atoms with Gasteiger partial charge in [0.15, 0.2) is 0 Å². The third-order valence-electron chi connectivity index (χ3n) is 3.39. The molecule has 0 fully saturated rings. The summed E-state index contributed by atoms with van der Waals surface area (Å²) in [4.78, 5) is 12.3. The average Bonchev–Trinajstić information content (AvgIpc) is 2.56. The Kier molecular flexibility index (Phi) is 6.03. The molecule has 4 nitrogen and oxygen atoms in total. The monoisotopic (exact) mass is 353 g/mol. The number of alkyl halides is 3. The average molecular weight is 353 g/mol. The van der Waals surface area contributed by atoms with E-state index in [-0.39, 0.29) is 12.3 Å². The second kappa shape index (κ2) is 8.02. The maximum Gasteiger partial charge on any atom is 0.416 e. The Balaban J connectivity index is 2.16. The number of anilines is 1. The number of benzene rings is 2. The number of hydrogen-bond acceptors (Lipinski definition) is 3. The summed E-state index contributed by atoms with van der Waals surface area (Å²) < 4.78 is 48.2. The molecule has 0 atom stereocenters. The van der Waals surface area contributed by atoms with E-state index in [0.717, 1.165) is 12.1 Å². The summed E-state index contributed by atoms with van der Waals surface area (Å²) >= 11 is 0. The Bertz CT molecular complexity index is 727. The van der Waals surface area contributed by atoms with E-state index in [1.807, 2.05) is 6.92 Å². The SMILES string of the molecule is CCOc1ccc(C(=O)Nc2ccc(C(F)(F)F)cc2)cc1COC. The number of rotatable bonds is 6. The number of methoxy groups -OCH3 is 1. The van der Waals surface area contributed by atoms with Gasteiger partial charge >= 0.3 is 6.18 Å². The molecule has 0 heterocycles. The van der Waals surface area contributed by atoms with Gasteiger partial charge in [0.25, 0.3) is 5.91 Å². The molecule has 0 bridgehead atoms. The van der Waals surface area contributed by atoms with Crippen molar-refractivity contribution in [3.8, 4) is 5.75 Å². The van der Waals surface area contributed by atoms with Crippen LogP contribution in [-0.2, 0) is 17.5 Å². The molecule has 0 unspecified atom stereocenters. The fourth-order valence-electron chi connectivity index (χ4n) is 2.23. The zero-order valence-electron chi connectivity index (χ0n) is 13.8. The lowest BCUT2D eigenvalue weighted by Crippen LogP contribution is -2.13. The predicted octanol–water partition coefficient (Wildman–Crippen LogP) is 4.50. The lowest BCUT2D eigenvalue weighted by molar-refractivity contribution is -0.137. The van der Waals surface area contributed by atoms with Gasteiger partial charge in [0.2, 0.25) is 0 Å². The highest BCUT2D eigenvalue weighted by molar-refractivity contribution is 6.04. The first kappa shape index (κ1) is 18.8. The third-order valence-corrected chi connectivity index (χ3v) is 3.39. The van der Waals surface area contributed by atoms with E-state index in [2.05, 4.69) is 5.32 Å². The Morgan fingerprint density at radius 2 is 1.80 bits per heavy atom. The van der Waals surface area contributed by atoms with Crippen molar-refractivity contribution < 1.29 is 27.4 Å². The summed E-state index contributed by atoms with van der Waals surface area (Å²) in [6.07, 6.45) is -4.41. The first-order valence-electron chi connectivity index (χ1n) is 7.58. The van der Waals surface area contributed by atoms with Gasteiger partial charge in [-0.05, 0) is 49.4 Å². The highest BCUT2D eigenvalue weighted by Crippen LogP contribution is 2.30. The number of halogens is 3. The van der Waals surface area contributed by atoms with Gasteiger partial charge in [0.1, 0.15) is 5.75 Å². The molecule has 0 radical (unpaired) electrons. The van der Waals surface area contributed by atoms with Crippen LogP contribution in [-0.4, -0.2) is 19.6 Å². The second-order valence-corrected chi connectivity index (χ2v) is 5.22. The smallest absolute Gasteiger partial charge is 0.416 e. The summed E-state index contributed by atoms with van der Waals surface area (Å²) in [6.45, 7) is 2.60. The molecule has 0 aliphatic rings. The molecule has 1 amide bonds. The lowest BCUT2D eigenvalue weighted by Gasteiger charge is -2.12. The number of ether oxygens (including phenoxy) is 2. The van der Waals surface area contributed by atoms with E-state index in [9.17, 15) is 18.0 Å². The van der Waals surface area contributed by atoms with Crippen molar-refractivity contribution in [2.75, 3.05) is 19.0 Å². The van der Waals surface area contributed by atoms with Gasteiger partial charge in [-0.25, -0.2) is 0 Å². The Labute approximate surface area is 143 Å². The molecule has 2 aromatic carbocycles. The lowest BCUT2D eigenvalue weighted by atomic mass is 10.1. The highest BCUT2D eigenvalue weighted by atomic mass is 19.4. The fourth-order valence-corrected chi connectivity index (χ4v) is 2.23. The summed E-state index contributed by atoms with van der Waals surface area (Å²) in [5.41, 5.74) is 0.578. The summed E-state index contributed by atoms with van der Waals surface area (Å²) in [7, 11) is 1.53. The molecular formula is C18H18F3NO3. The van der Waals surface area contributed by atoms with Crippen LogP contribution in [0.15, 0.2) is 42.5 Å². The van der Waals surface area contributed by atoms with Crippen LogP contribution in [0.5, 0.6) is 5.75 Å². The first-order chi connectivity index (χ1) is 11.8. The molecule has 25 heavy (non-hydrogen) atoms. The van der Waals surface area contributed by atoms with Crippen LogP contribution in [0, 0.1) is 0 Å². The minimum absolute atomic E-state index is 0.275. The van der Waals surface area contributed by atoms with Crippen molar-refractivity contribution >= 4 is 11.6 Å². The van der Waals surface area contributed by atoms with Crippen LogP contribution in [0.4, 0.5) is 18.9 Å². The second-order valence-electron chi connectivity index (χ2n) is 5.22. The number of hydrogen-bond donors (Lipinski definition) is 1. The minimum Gasteiger partial charge on any atom is -0.494 e. The quantitative estimate of drug-likeness (QED) is 0.832. The van der Waals surface area contributed by atoms with E-state index in [0.29, 0.717) is 23.5 Å². The molecule has 1 N–H and O–H groups in total. The Morgan fingerprint density at radius 3 is 2.36 bits per heavy atom. The number of nitrogens with one attached hydrogen (secondary N) is 1. The van der Waals surface area contributed by atoms with Crippen LogP contribution in [0.2, 0.25) is 0 Å². The van der Waals surface area contributed by atoms with E-state index in [1.165, 1.54) is 19.2 Å². The summed E-state index contributed by atoms with van der Waals surface area (Å²) in [5.74, 6) is 0.190. The molecule has 7 heteroatoms. The normalized spacial score (nSPS) is 11.2. The van der Waals surface area contributed by atoms with Gasteiger partial charge in [0.05, 0.1) is 18.8 Å². The molecule has 0 aliphatic carbocycles. The van der Waals surface area contributed by atoms with Gasteiger partial charge in [-0.1, -0.05) is 0 Å². The van der Waals surface area contributed by atoms with Gasteiger partial charge in [-0.2, -0.15) is 13.2 Å². The molecule has 0 spiro atoms. The van der Waals surface area contributed by atoms with Gasteiger partial charge in [0, 0.05) is 23.9 Å². The maximum atomic E-state index is 12.6. The molecule has 2 rings (SSSR count). The highest BCUT2D eigenvalue weighted by Gasteiger charge is 2.30. The molecular weight excluding hydrogens is 335 g/mol. The zero-order chi connectivity index (χ0) is 18.4. The fraction of sp³-hybridized carbons (Fsp3) is 0.278. The largest absolute Gasteiger partial charge is 0.494 e. The van der Waals surface area contributed by atoms with E-state index in [4.69, 9.17) is 9.47 Å². The van der Waals surface area contributed by atoms with E-state index < -0.39 is 17.6 Å². The molecule has 134 valence electrons. The molecule has 0 aliphatic heterocycles. The van der Waals surface area contributed by atoms with Gasteiger partial charge < -0.3 is 14.8 Å². The predicted molar refractivity (Wildman–Crippen MR) is 87.7 cm³/mol. The van der Waals surface area contributed by atoms with E-state index >= 15 is 0 Å². The van der Waals surface area contributed by atoms with Crippen molar-refractivity contribution in [1.82, 2.24) is 0 Å². The van der Waals surface area contributed by atoms with Crippen LogP contribution in [0.1, 0.15) is 28.4 Å². The number of carbonyl (C=O) groups excluding carboxylic acids is 1.